The fraction of sp³-hybridized carbons (Fsp3) is 0.424. The molecule has 1 saturated heterocycles. The third kappa shape index (κ3) is 6.81. The molecule has 6 atom stereocenters. The normalized spacial score (nSPS) is 27.7. The van der Waals surface area contributed by atoms with E-state index < -0.39 is 60.1 Å². The Kier molecular flexibility index (Phi) is 9.31. The summed E-state index contributed by atoms with van der Waals surface area (Å²) in [5.74, 6) is -4.24. The Balaban J connectivity index is 1.27. The number of carboxylic acid groups (broad SMARTS) is 1. The quantitative estimate of drug-likeness (QED) is 0.162. The zero-order valence-corrected chi connectivity index (χ0v) is 25.6. The molecule has 0 spiro atoms. The van der Waals surface area contributed by atoms with Gasteiger partial charge in [-0.05, 0) is 41.6 Å². The average molecular weight is 670 g/mol. The van der Waals surface area contributed by atoms with Crippen molar-refractivity contribution in [2.75, 3.05) is 6.61 Å². The van der Waals surface area contributed by atoms with Gasteiger partial charge >= 0.3 is 11.8 Å². The minimum atomic E-state index is -1.97. The molecule has 15 nitrogen and oxygen atoms in total. The number of amidine groups is 1. The molecule has 15 heteroatoms. The predicted octanol–water partition coefficient (Wildman–Crippen LogP) is 0.665. The van der Waals surface area contributed by atoms with Gasteiger partial charge in [0.2, 0.25) is 17.8 Å². The summed E-state index contributed by atoms with van der Waals surface area (Å²) >= 11 is 0. The number of ether oxygens (including phenoxy) is 5. The number of benzene rings is 2. The fourth-order valence-electron chi connectivity index (χ4n) is 5.95. The first-order valence-electron chi connectivity index (χ1n) is 15.5. The Morgan fingerprint density at radius 1 is 1.02 bits per heavy atom. The van der Waals surface area contributed by atoms with Crippen molar-refractivity contribution in [3.05, 3.63) is 59.7 Å². The van der Waals surface area contributed by atoms with Gasteiger partial charge in [-0.1, -0.05) is 18.6 Å². The summed E-state index contributed by atoms with van der Waals surface area (Å²) in [6.07, 6.45) is -2.51. The highest BCUT2D eigenvalue weighted by Crippen LogP contribution is 2.52. The number of nitrogens with zero attached hydrogens (tertiary/aromatic N) is 1. The van der Waals surface area contributed by atoms with Gasteiger partial charge in [-0.3, -0.25) is 5.41 Å². The van der Waals surface area contributed by atoms with Gasteiger partial charge < -0.3 is 59.4 Å². The summed E-state index contributed by atoms with van der Waals surface area (Å²) in [4.78, 5) is 15.9. The Bertz CT molecular complexity index is 1650. The lowest BCUT2D eigenvalue weighted by atomic mass is 9.94. The largest absolute Gasteiger partial charge is 0.507 e. The van der Waals surface area contributed by atoms with Crippen molar-refractivity contribution in [2.24, 2.45) is 4.99 Å². The van der Waals surface area contributed by atoms with E-state index in [0.717, 1.165) is 12.1 Å². The van der Waals surface area contributed by atoms with Crippen molar-refractivity contribution in [3.8, 4) is 28.7 Å². The molecule has 2 fully saturated rings. The van der Waals surface area contributed by atoms with Crippen LogP contribution in [0.3, 0.4) is 0 Å². The van der Waals surface area contributed by atoms with Crippen molar-refractivity contribution in [2.45, 2.75) is 81.1 Å². The van der Waals surface area contributed by atoms with E-state index in [-0.39, 0.29) is 35.7 Å². The highest BCUT2D eigenvalue weighted by Gasteiger charge is 2.49. The number of carboxylic acids is 1. The number of fused-ring (bicyclic) bond motifs is 1. The number of aliphatic hydroxyl groups excluding tert-OH is 4. The molecule has 3 heterocycles. The maximum Gasteiger partial charge on any atom is 0.335 e. The van der Waals surface area contributed by atoms with Crippen molar-refractivity contribution in [1.82, 2.24) is 0 Å². The lowest BCUT2D eigenvalue weighted by Gasteiger charge is -2.39. The molecule has 1 aliphatic carbocycles. The van der Waals surface area contributed by atoms with Gasteiger partial charge in [0.05, 0.1) is 6.61 Å². The molecule has 2 aromatic rings. The number of carbonyl (C=O) groups is 1. The first-order valence-corrected chi connectivity index (χ1v) is 15.5. The molecule has 9 N–H and O–H groups in total. The van der Waals surface area contributed by atoms with Gasteiger partial charge in [-0.25, -0.2) is 4.79 Å². The second-order valence-electron chi connectivity index (χ2n) is 12.0. The Morgan fingerprint density at radius 3 is 2.42 bits per heavy atom. The number of aliphatic hydroxyl groups is 5. The van der Waals surface area contributed by atoms with E-state index in [1.165, 1.54) is 12.1 Å². The van der Waals surface area contributed by atoms with Crippen LogP contribution in [0.4, 0.5) is 0 Å². The summed E-state index contributed by atoms with van der Waals surface area (Å²) in [5.41, 5.74) is 1.25. The standard InChI is InChI=1S/C33H36N2O13/c34-23-9-6-17(35-23)10-13-44-18-7-4-16(5-8-18)20-14-19(36)24-21(45-20)15-22(29(25(24)37)48-33(43)11-2-1-3-12-33)46-32-28(40)26(38)27(39)30(47-32)31(41)42/h4-9,14-15,20,26-28,30,32,34,36-40,43H,1-3,10-13H2,(H,41,42)/p+1. The molecule has 0 radical (unpaired) electrons. The van der Waals surface area contributed by atoms with Crippen LogP contribution in [-0.2, 0) is 9.53 Å². The highest BCUT2D eigenvalue weighted by molar-refractivity contribution is 6.13. The first-order chi connectivity index (χ1) is 22.9. The Hall–Kier alpha value is -4.67. The van der Waals surface area contributed by atoms with E-state index in [1.54, 1.807) is 30.3 Å². The van der Waals surface area contributed by atoms with Crippen molar-refractivity contribution in [1.29, 1.82) is 0 Å². The van der Waals surface area contributed by atoms with Gasteiger partial charge in [0, 0.05) is 37.5 Å². The fourth-order valence-corrected chi connectivity index (χ4v) is 5.95. The maximum absolute atomic E-state index is 11.7. The molecule has 4 aliphatic rings. The second kappa shape index (κ2) is 13.4. The minimum absolute atomic E-state index is 0.0852. The molecule has 0 bridgehead atoms. The molecule has 0 aromatic heterocycles. The lowest BCUT2D eigenvalue weighted by molar-refractivity contribution is -0.271. The van der Waals surface area contributed by atoms with Crippen LogP contribution in [-0.4, -0.2) is 96.4 Å². The number of allylic oxidation sites excluding steroid dienone is 1. The van der Waals surface area contributed by atoms with E-state index in [0.29, 0.717) is 43.0 Å². The van der Waals surface area contributed by atoms with Crippen LogP contribution >= 0.6 is 0 Å². The number of aliphatic carboxylic acids is 1. The molecular weight excluding hydrogens is 632 g/mol. The average Bonchev–Trinajstić information content (AvgIpc) is 3.47. The van der Waals surface area contributed by atoms with Gasteiger partial charge in [0.25, 0.3) is 0 Å². The second-order valence-corrected chi connectivity index (χ2v) is 12.0. The van der Waals surface area contributed by atoms with Crippen LogP contribution < -0.4 is 24.4 Å². The molecule has 6 rings (SSSR count). The van der Waals surface area contributed by atoms with Crippen LogP contribution in [0.1, 0.15) is 55.8 Å². The van der Waals surface area contributed by atoms with E-state index in [9.17, 15) is 40.5 Å². The molecule has 48 heavy (non-hydrogen) atoms. The summed E-state index contributed by atoms with van der Waals surface area (Å²) in [6, 6.07) is 8.12. The van der Waals surface area contributed by atoms with Crippen LogP contribution in [0.2, 0.25) is 0 Å². The molecule has 2 aromatic carbocycles. The Labute approximate surface area is 274 Å². The van der Waals surface area contributed by atoms with Gasteiger partial charge in [0.15, 0.2) is 23.3 Å². The number of hydrogen-bond acceptors (Lipinski definition) is 12. The number of phenols is 1. The topological polar surface area (TPSA) is 243 Å². The molecule has 256 valence electrons. The van der Waals surface area contributed by atoms with Crippen LogP contribution in [0, 0.1) is 0 Å². The zero-order valence-electron chi connectivity index (χ0n) is 25.6. The number of hydrogen-bond donors (Lipinski definition) is 8. The van der Waals surface area contributed by atoms with E-state index >= 15 is 0 Å². The molecule has 1 saturated carbocycles. The predicted molar refractivity (Wildman–Crippen MR) is 166 cm³/mol. The molecule has 6 unspecified atom stereocenters. The van der Waals surface area contributed by atoms with E-state index in [2.05, 4.69) is 4.99 Å². The minimum Gasteiger partial charge on any atom is -0.507 e. The summed E-state index contributed by atoms with van der Waals surface area (Å²) in [6.45, 7) is 0.369. The number of nitrogens with two attached hydrogens (primary N) is 1. The first kappa shape index (κ1) is 33.2. The van der Waals surface area contributed by atoms with Crippen LogP contribution in [0.5, 0.6) is 28.7 Å². The Morgan fingerprint density at radius 2 is 1.75 bits per heavy atom. The third-order valence-corrected chi connectivity index (χ3v) is 8.54. The van der Waals surface area contributed by atoms with E-state index in [4.69, 9.17) is 29.1 Å². The lowest BCUT2D eigenvalue weighted by Crippen LogP contribution is -2.61. The molecule has 0 amide bonds. The summed E-state index contributed by atoms with van der Waals surface area (Å²) in [5, 5.41) is 79.8. The third-order valence-electron chi connectivity index (χ3n) is 8.54. The maximum atomic E-state index is 11.7. The SMILES string of the molecule is [NH2+]=C1C=CC(CCOc2ccc(C3C=C(O)c4c(cc(OC5OC(C(=O)O)C(O)C(O)C5O)c(OC5(O)CCCCC5)c4O)O3)cc2)=N1. The van der Waals surface area contributed by atoms with Crippen LogP contribution in [0.25, 0.3) is 5.76 Å². The van der Waals surface area contributed by atoms with Gasteiger partial charge in [-0.2, -0.15) is 0 Å². The monoisotopic (exact) mass is 669 g/mol. The number of phenolic OH excluding ortho intramolecular Hbond substituents is 1. The van der Waals surface area contributed by atoms with Gasteiger partial charge in [0.1, 0.15) is 47.2 Å². The van der Waals surface area contributed by atoms with E-state index in [1.807, 2.05) is 6.08 Å². The highest BCUT2D eigenvalue weighted by atomic mass is 16.7. The summed E-state index contributed by atoms with van der Waals surface area (Å²) < 4.78 is 28.9. The molecule has 3 aliphatic heterocycles. The van der Waals surface area contributed by atoms with Crippen molar-refractivity contribution >= 4 is 23.3 Å². The van der Waals surface area contributed by atoms with Crippen molar-refractivity contribution in [3.63, 3.8) is 0 Å². The number of aliphatic imine (C=N–C) groups is 1. The van der Waals surface area contributed by atoms with Crippen molar-refractivity contribution < 1.29 is 69.6 Å². The zero-order chi connectivity index (χ0) is 34.2. The van der Waals surface area contributed by atoms with Gasteiger partial charge in [-0.15, -0.1) is 0 Å². The molecular formula is C33H37N2O13+. The van der Waals surface area contributed by atoms with Crippen LogP contribution in [0.15, 0.2) is 53.6 Å². The number of aromatic hydroxyl groups is 1. The smallest absolute Gasteiger partial charge is 0.335 e. The number of rotatable bonds is 10. The summed E-state index contributed by atoms with van der Waals surface area (Å²) in [7, 11) is 0.